The topological polar surface area (TPSA) is 126 Å². The van der Waals surface area contributed by atoms with Crippen LogP contribution in [0, 0.1) is 20.4 Å². The van der Waals surface area contributed by atoms with Crippen molar-refractivity contribution in [3.63, 3.8) is 0 Å². The summed E-state index contributed by atoms with van der Waals surface area (Å²) in [6.45, 7) is -0.876. The summed E-state index contributed by atoms with van der Waals surface area (Å²) in [7, 11) is 0. The first kappa shape index (κ1) is 8.27. The summed E-state index contributed by atoms with van der Waals surface area (Å²) in [6.07, 6.45) is 0. The van der Waals surface area contributed by atoms with Crippen molar-refractivity contribution in [2.75, 3.05) is 6.67 Å². The van der Waals surface area contributed by atoms with Gasteiger partial charge in [-0.25, -0.2) is 0 Å². The minimum absolute atomic E-state index is 0.222. The van der Waals surface area contributed by atoms with E-state index in [1.165, 1.54) is 0 Å². The molecule has 0 aromatic carbocycles. The Morgan fingerprint density at radius 2 is 2.40 bits per heavy atom. The highest BCUT2D eigenvalue weighted by atomic mass is 16.6. The van der Waals surface area contributed by atoms with Crippen LogP contribution in [0.3, 0.4) is 0 Å². The molecule has 0 aliphatic rings. The molecule has 0 amide bonds. The predicted molar refractivity (Wildman–Crippen MR) is 31.4 cm³/mol. The van der Waals surface area contributed by atoms with E-state index in [2.05, 4.69) is 5.29 Å². The fraction of sp³-hybridized carbons (Fsp3) is 0.500. The molecule has 3 N–H and O–H groups in total. The van der Waals surface area contributed by atoms with Crippen LogP contribution in [0.15, 0.2) is 5.29 Å². The average Bonchev–Trinajstić information content (AvgIpc) is 1.81. The molecule has 0 unspecified atom stereocenters. The van der Waals surface area contributed by atoms with Gasteiger partial charge in [0.25, 0.3) is 0 Å². The second-order valence-electron chi connectivity index (χ2n) is 1.34. The van der Waals surface area contributed by atoms with Crippen LogP contribution in [0.5, 0.6) is 0 Å². The van der Waals surface area contributed by atoms with Crippen molar-refractivity contribution < 1.29 is 4.92 Å². The first-order valence-corrected chi connectivity index (χ1v) is 2.14. The lowest BCUT2D eigenvalue weighted by molar-refractivity contribution is -0.499. The normalized spacial score (nSPS) is 8.40. The molecule has 0 saturated carbocycles. The lowest BCUT2D eigenvalue weighted by Gasteiger charge is -2.04. The number of nitrogens with zero attached hydrogens (tertiary/aromatic N) is 3. The van der Waals surface area contributed by atoms with Gasteiger partial charge in [0, 0.05) is 4.92 Å². The van der Waals surface area contributed by atoms with Crippen LogP contribution in [-0.4, -0.2) is 22.6 Å². The standard InChI is InChI=1S/C2H5N5O3/c3-2(4)6(5-8)1-7(9)10/h1H2,(H3,3,4). The maximum absolute atomic E-state index is 9.69. The number of nitroso groups, excluding NO2 is 1. The minimum atomic E-state index is -0.876. The molecule has 0 rings (SSSR count). The van der Waals surface area contributed by atoms with Gasteiger partial charge in [0.15, 0.2) is 0 Å². The van der Waals surface area contributed by atoms with Gasteiger partial charge in [-0.2, -0.15) is 0 Å². The van der Waals surface area contributed by atoms with E-state index in [-0.39, 0.29) is 5.01 Å². The van der Waals surface area contributed by atoms with Crippen molar-refractivity contribution >= 4 is 5.96 Å². The van der Waals surface area contributed by atoms with E-state index in [0.717, 1.165) is 0 Å². The van der Waals surface area contributed by atoms with Gasteiger partial charge in [-0.15, -0.1) is 9.92 Å². The van der Waals surface area contributed by atoms with Gasteiger partial charge in [-0.05, 0) is 0 Å². The quantitative estimate of drug-likeness (QED) is 0.133. The Morgan fingerprint density at radius 1 is 1.90 bits per heavy atom. The summed E-state index contributed by atoms with van der Waals surface area (Å²) < 4.78 is 0. The van der Waals surface area contributed by atoms with Crippen molar-refractivity contribution in [2.24, 2.45) is 11.0 Å². The van der Waals surface area contributed by atoms with Crippen molar-refractivity contribution in [3.8, 4) is 0 Å². The third-order valence-corrected chi connectivity index (χ3v) is 0.626. The van der Waals surface area contributed by atoms with E-state index >= 15 is 0 Å². The van der Waals surface area contributed by atoms with E-state index in [9.17, 15) is 15.0 Å². The van der Waals surface area contributed by atoms with E-state index in [1.54, 1.807) is 0 Å². The molecular formula is C2H5N5O3. The average molecular weight is 147 g/mol. The third kappa shape index (κ3) is 2.55. The second-order valence-corrected chi connectivity index (χ2v) is 1.34. The van der Waals surface area contributed by atoms with Crippen LogP contribution in [0.1, 0.15) is 0 Å². The number of guanidine groups is 1. The number of hydrogen-bond donors (Lipinski definition) is 2. The van der Waals surface area contributed by atoms with Gasteiger partial charge in [-0.1, -0.05) is 0 Å². The molecule has 0 aromatic heterocycles. The van der Waals surface area contributed by atoms with E-state index in [1.807, 2.05) is 0 Å². The number of nitrogens with one attached hydrogen (secondary N) is 1. The molecule has 0 aliphatic heterocycles. The monoisotopic (exact) mass is 147 g/mol. The molecule has 0 bridgehead atoms. The molecule has 0 heterocycles. The number of hydrogen-bond acceptors (Lipinski definition) is 5. The fourth-order valence-corrected chi connectivity index (χ4v) is 0.255. The van der Waals surface area contributed by atoms with E-state index < -0.39 is 17.6 Å². The van der Waals surface area contributed by atoms with Crippen molar-refractivity contribution in [2.45, 2.75) is 0 Å². The predicted octanol–water partition coefficient (Wildman–Crippen LogP) is -0.903. The Bertz CT molecular complexity index is 166. The van der Waals surface area contributed by atoms with Crippen LogP contribution >= 0.6 is 0 Å². The Hall–Kier alpha value is -1.73. The minimum Gasteiger partial charge on any atom is -0.368 e. The fourth-order valence-electron chi connectivity index (χ4n) is 0.255. The summed E-state index contributed by atoms with van der Waals surface area (Å²) >= 11 is 0. The van der Waals surface area contributed by atoms with Crippen molar-refractivity contribution in [1.29, 1.82) is 5.41 Å². The van der Waals surface area contributed by atoms with Crippen LogP contribution in [-0.2, 0) is 0 Å². The molecule has 0 fully saturated rings. The largest absolute Gasteiger partial charge is 0.368 e. The van der Waals surface area contributed by atoms with Gasteiger partial charge >= 0.3 is 6.67 Å². The summed E-state index contributed by atoms with van der Waals surface area (Å²) in [4.78, 5) is 18.5. The summed E-state index contributed by atoms with van der Waals surface area (Å²) in [5, 5.41) is 18.6. The third-order valence-electron chi connectivity index (χ3n) is 0.626. The Balaban J connectivity index is 3.96. The molecule has 0 saturated heterocycles. The number of nitrogens with two attached hydrogens (primary N) is 1. The lowest BCUT2D eigenvalue weighted by Crippen LogP contribution is -2.35. The number of nitro groups is 1. The van der Waals surface area contributed by atoms with Crippen molar-refractivity contribution in [3.05, 3.63) is 15.0 Å². The zero-order valence-corrected chi connectivity index (χ0v) is 4.85. The maximum Gasteiger partial charge on any atom is 0.301 e. The zero-order chi connectivity index (χ0) is 8.15. The maximum atomic E-state index is 9.69. The molecule has 0 aromatic rings. The van der Waals surface area contributed by atoms with E-state index in [0.29, 0.717) is 0 Å². The Morgan fingerprint density at radius 3 is 2.50 bits per heavy atom. The Kier molecular flexibility index (Phi) is 2.75. The highest BCUT2D eigenvalue weighted by Crippen LogP contribution is 1.85. The smallest absolute Gasteiger partial charge is 0.301 e. The highest BCUT2D eigenvalue weighted by Gasteiger charge is 2.11. The summed E-state index contributed by atoms with van der Waals surface area (Å²) in [5.41, 5.74) is 4.71. The van der Waals surface area contributed by atoms with Crippen LogP contribution < -0.4 is 5.73 Å². The molecule has 0 atom stereocenters. The first-order chi connectivity index (χ1) is 4.57. The molecule has 8 nitrogen and oxygen atoms in total. The molecule has 8 heteroatoms. The van der Waals surface area contributed by atoms with Crippen LogP contribution in [0.25, 0.3) is 0 Å². The SMILES string of the molecule is N=C(N)N(C[N+](=O)[O-])N=O. The lowest BCUT2D eigenvalue weighted by atomic mass is 10.9. The Labute approximate surface area is 55.2 Å². The molecular weight excluding hydrogens is 142 g/mol. The van der Waals surface area contributed by atoms with Crippen molar-refractivity contribution in [1.82, 2.24) is 5.01 Å². The van der Waals surface area contributed by atoms with Gasteiger partial charge in [0.1, 0.15) is 0 Å². The van der Waals surface area contributed by atoms with Gasteiger partial charge in [0.05, 0.1) is 5.29 Å². The molecule has 0 spiro atoms. The first-order valence-electron chi connectivity index (χ1n) is 2.14. The van der Waals surface area contributed by atoms with Gasteiger partial charge in [0.2, 0.25) is 5.96 Å². The highest BCUT2D eigenvalue weighted by molar-refractivity contribution is 5.73. The second kappa shape index (κ2) is 3.33. The van der Waals surface area contributed by atoms with Gasteiger partial charge < -0.3 is 5.73 Å². The molecule has 0 aliphatic carbocycles. The van der Waals surface area contributed by atoms with Crippen LogP contribution in [0.4, 0.5) is 0 Å². The van der Waals surface area contributed by atoms with Gasteiger partial charge in [-0.3, -0.25) is 15.5 Å². The molecule has 0 radical (unpaired) electrons. The zero-order valence-electron chi connectivity index (χ0n) is 4.85. The van der Waals surface area contributed by atoms with E-state index in [4.69, 9.17) is 11.1 Å². The molecule has 10 heavy (non-hydrogen) atoms. The summed E-state index contributed by atoms with van der Waals surface area (Å²) in [5.74, 6) is -0.744. The number of rotatable bonds is 3. The molecule has 56 valence electrons. The summed E-state index contributed by atoms with van der Waals surface area (Å²) in [6, 6.07) is 0. The van der Waals surface area contributed by atoms with Crippen LogP contribution in [0.2, 0.25) is 0 Å².